The summed E-state index contributed by atoms with van der Waals surface area (Å²) in [5, 5.41) is 2.25. The minimum absolute atomic E-state index is 0.130. The van der Waals surface area contributed by atoms with Crippen LogP contribution in [-0.2, 0) is 14.8 Å². The highest BCUT2D eigenvalue weighted by atomic mass is 35.5. The Morgan fingerprint density at radius 2 is 1.90 bits per heavy atom. The highest BCUT2D eigenvalue weighted by Crippen LogP contribution is 2.26. The number of nitrogens with one attached hydrogen (secondary N) is 2. The number of halogens is 2. The van der Waals surface area contributed by atoms with E-state index in [1.54, 1.807) is 13.8 Å². The van der Waals surface area contributed by atoms with Gasteiger partial charge in [0, 0.05) is 6.04 Å². The van der Waals surface area contributed by atoms with E-state index in [0.29, 0.717) is 0 Å². The SMILES string of the molecule is CC(C)NC(=O)C(C)NS(=O)(=O)c1cc(N)c(F)cc1Cl. The van der Waals surface area contributed by atoms with Crippen LogP contribution >= 0.6 is 11.6 Å². The fraction of sp³-hybridized carbons (Fsp3) is 0.417. The number of hydrogen-bond donors (Lipinski definition) is 3. The quantitative estimate of drug-likeness (QED) is 0.704. The molecule has 0 aromatic heterocycles. The molecule has 0 aliphatic carbocycles. The van der Waals surface area contributed by atoms with E-state index in [9.17, 15) is 17.6 Å². The summed E-state index contributed by atoms with van der Waals surface area (Å²) in [6.07, 6.45) is 0. The second-order valence-corrected chi connectivity index (χ2v) is 6.90. The average Bonchev–Trinajstić information content (AvgIpc) is 2.32. The molecule has 0 heterocycles. The molecule has 118 valence electrons. The van der Waals surface area contributed by atoms with E-state index in [-0.39, 0.29) is 21.6 Å². The van der Waals surface area contributed by atoms with Gasteiger partial charge in [-0.25, -0.2) is 12.8 Å². The summed E-state index contributed by atoms with van der Waals surface area (Å²) in [5.41, 5.74) is 4.99. The number of benzene rings is 1. The van der Waals surface area contributed by atoms with Crippen molar-refractivity contribution in [2.45, 2.75) is 37.8 Å². The molecular formula is C12H17ClFN3O3S. The van der Waals surface area contributed by atoms with Gasteiger partial charge in [-0.3, -0.25) is 4.79 Å². The van der Waals surface area contributed by atoms with Gasteiger partial charge in [0.2, 0.25) is 15.9 Å². The molecule has 1 rings (SSSR count). The van der Waals surface area contributed by atoms with Crippen LogP contribution in [0.25, 0.3) is 0 Å². The lowest BCUT2D eigenvalue weighted by atomic mass is 10.3. The first-order valence-electron chi connectivity index (χ1n) is 6.12. The van der Waals surface area contributed by atoms with Crippen LogP contribution in [0.5, 0.6) is 0 Å². The van der Waals surface area contributed by atoms with E-state index >= 15 is 0 Å². The number of carbonyl (C=O) groups is 1. The normalized spacial score (nSPS) is 13.2. The van der Waals surface area contributed by atoms with E-state index in [1.807, 2.05) is 0 Å². The van der Waals surface area contributed by atoms with E-state index in [1.165, 1.54) is 6.92 Å². The van der Waals surface area contributed by atoms with Crippen molar-refractivity contribution in [2.24, 2.45) is 0 Å². The molecule has 1 aromatic carbocycles. The number of anilines is 1. The second-order valence-electron chi connectivity index (χ2n) is 4.81. The number of rotatable bonds is 5. The van der Waals surface area contributed by atoms with Crippen LogP contribution in [0.2, 0.25) is 5.02 Å². The van der Waals surface area contributed by atoms with Gasteiger partial charge >= 0.3 is 0 Å². The fourth-order valence-electron chi connectivity index (χ4n) is 1.51. The Labute approximate surface area is 127 Å². The van der Waals surface area contributed by atoms with Crippen molar-refractivity contribution >= 4 is 33.2 Å². The molecule has 1 amide bonds. The molecule has 9 heteroatoms. The smallest absolute Gasteiger partial charge is 0.242 e. The lowest BCUT2D eigenvalue weighted by Gasteiger charge is -2.17. The molecule has 0 aliphatic heterocycles. The van der Waals surface area contributed by atoms with Gasteiger partial charge in [-0.05, 0) is 32.9 Å². The standard InChI is InChI=1S/C12H17ClFN3O3S/c1-6(2)16-12(18)7(3)17-21(19,20)11-5-10(15)9(14)4-8(11)13/h4-7,17H,15H2,1-3H3,(H,16,18). The first kappa shape index (κ1) is 17.7. The van der Waals surface area contributed by atoms with Crippen LogP contribution in [0.4, 0.5) is 10.1 Å². The van der Waals surface area contributed by atoms with Crippen molar-refractivity contribution in [3.8, 4) is 0 Å². The Morgan fingerprint density at radius 1 is 1.33 bits per heavy atom. The number of sulfonamides is 1. The Bertz CT molecular complexity index is 649. The van der Waals surface area contributed by atoms with Crippen LogP contribution in [0.1, 0.15) is 20.8 Å². The van der Waals surface area contributed by atoms with Gasteiger partial charge in [0.25, 0.3) is 0 Å². The van der Waals surface area contributed by atoms with Crippen molar-refractivity contribution in [1.82, 2.24) is 10.0 Å². The van der Waals surface area contributed by atoms with E-state index in [4.69, 9.17) is 17.3 Å². The van der Waals surface area contributed by atoms with Crippen molar-refractivity contribution in [3.05, 3.63) is 23.0 Å². The molecule has 0 bridgehead atoms. The maximum atomic E-state index is 13.2. The topological polar surface area (TPSA) is 101 Å². The molecule has 0 saturated heterocycles. The van der Waals surface area contributed by atoms with Gasteiger partial charge in [-0.15, -0.1) is 0 Å². The summed E-state index contributed by atoms with van der Waals surface area (Å²) in [6.45, 7) is 4.88. The third kappa shape index (κ3) is 4.55. The third-order valence-corrected chi connectivity index (χ3v) is 4.50. The van der Waals surface area contributed by atoms with Crippen molar-refractivity contribution in [3.63, 3.8) is 0 Å². The zero-order valence-electron chi connectivity index (χ0n) is 11.8. The minimum atomic E-state index is -4.10. The molecule has 0 radical (unpaired) electrons. The zero-order chi connectivity index (χ0) is 16.4. The van der Waals surface area contributed by atoms with E-state index < -0.39 is 27.8 Å². The molecule has 4 N–H and O–H groups in total. The van der Waals surface area contributed by atoms with Crippen LogP contribution in [0.3, 0.4) is 0 Å². The summed E-state index contributed by atoms with van der Waals surface area (Å²) in [5.74, 6) is -1.30. The molecule has 6 nitrogen and oxygen atoms in total. The number of amides is 1. The van der Waals surface area contributed by atoms with Crippen LogP contribution < -0.4 is 15.8 Å². The highest BCUT2D eigenvalue weighted by Gasteiger charge is 2.25. The highest BCUT2D eigenvalue weighted by molar-refractivity contribution is 7.89. The number of hydrogen-bond acceptors (Lipinski definition) is 4. The molecule has 0 spiro atoms. The number of carbonyl (C=O) groups excluding carboxylic acids is 1. The van der Waals surface area contributed by atoms with E-state index in [2.05, 4.69) is 10.0 Å². The lowest BCUT2D eigenvalue weighted by molar-refractivity contribution is -0.122. The monoisotopic (exact) mass is 337 g/mol. The number of nitrogen functional groups attached to an aromatic ring is 1. The first-order chi connectivity index (χ1) is 9.54. The summed E-state index contributed by atoms with van der Waals surface area (Å²) >= 11 is 5.72. The Morgan fingerprint density at radius 3 is 2.43 bits per heavy atom. The number of nitrogens with two attached hydrogens (primary N) is 1. The van der Waals surface area contributed by atoms with Gasteiger partial charge in [0.05, 0.1) is 16.8 Å². The maximum Gasteiger partial charge on any atom is 0.242 e. The van der Waals surface area contributed by atoms with Gasteiger partial charge in [0.1, 0.15) is 10.7 Å². The summed E-state index contributed by atoms with van der Waals surface area (Å²) in [7, 11) is -4.10. The predicted octanol–water partition coefficient (Wildman–Crippen LogP) is 1.25. The average molecular weight is 338 g/mol. The molecule has 0 saturated carbocycles. The van der Waals surface area contributed by atoms with Crippen LogP contribution in [0.15, 0.2) is 17.0 Å². The maximum absolute atomic E-state index is 13.2. The van der Waals surface area contributed by atoms with Crippen LogP contribution in [-0.4, -0.2) is 26.4 Å². The third-order valence-electron chi connectivity index (χ3n) is 2.50. The molecule has 1 unspecified atom stereocenters. The van der Waals surface area contributed by atoms with Gasteiger partial charge in [-0.1, -0.05) is 11.6 Å². The lowest BCUT2D eigenvalue weighted by Crippen LogP contribution is -2.46. The van der Waals surface area contributed by atoms with Gasteiger partial charge < -0.3 is 11.1 Å². The Hall–Kier alpha value is -1.38. The van der Waals surface area contributed by atoms with Crippen LogP contribution in [0, 0.1) is 5.82 Å². The summed E-state index contributed by atoms with van der Waals surface area (Å²) in [4.78, 5) is 11.3. The summed E-state index contributed by atoms with van der Waals surface area (Å²) in [6, 6.07) is 0.575. The van der Waals surface area contributed by atoms with Crippen molar-refractivity contribution in [2.75, 3.05) is 5.73 Å². The van der Waals surface area contributed by atoms with E-state index in [0.717, 1.165) is 12.1 Å². The Kier molecular flexibility index (Phi) is 5.54. The largest absolute Gasteiger partial charge is 0.396 e. The molecule has 0 fully saturated rings. The first-order valence-corrected chi connectivity index (χ1v) is 7.98. The minimum Gasteiger partial charge on any atom is -0.396 e. The Balaban J connectivity index is 3.02. The van der Waals surface area contributed by atoms with Crippen molar-refractivity contribution < 1.29 is 17.6 Å². The molecule has 1 atom stereocenters. The zero-order valence-corrected chi connectivity index (χ0v) is 13.3. The molecular weight excluding hydrogens is 321 g/mol. The molecule has 1 aromatic rings. The predicted molar refractivity (Wildman–Crippen MR) is 78.9 cm³/mol. The molecule has 21 heavy (non-hydrogen) atoms. The van der Waals surface area contributed by atoms with Crippen molar-refractivity contribution in [1.29, 1.82) is 0 Å². The molecule has 0 aliphatic rings. The van der Waals surface area contributed by atoms with Gasteiger partial charge in [-0.2, -0.15) is 4.72 Å². The second kappa shape index (κ2) is 6.59. The van der Waals surface area contributed by atoms with Gasteiger partial charge in [0.15, 0.2) is 0 Å². The fourth-order valence-corrected chi connectivity index (χ4v) is 3.26. The summed E-state index contributed by atoms with van der Waals surface area (Å²) < 4.78 is 39.7.